The fourth-order valence-electron chi connectivity index (χ4n) is 2.08. The highest BCUT2D eigenvalue weighted by Gasteiger charge is 2.12. The van der Waals surface area contributed by atoms with E-state index in [1.807, 2.05) is 0 Å². The molecule has 28 heavy (non-hydrogen) atoms. The van der Waals surface area contributed by atoms with Crippen LogP contribution in [-0.4, -0.2) is 30.9 Å². The van der Waals surface area contributed by atoms with E-state index in [0.717, 1.165) is 0 Å². The van der Waals surface area contributed by atoms with Gasteiger partial charge in [0.2, 0.25) is 0 Å². The second-order valence-electron chi connectivity index (χ2n) is 5.54. The Kier molecular flexibility index (Phi) is 8.11. The van der Waals surface area contributed by atoms with Crippen LogP contribution in [0.15, 0.2) is 36.4 Å². The summed E-state index contributed by atoms with van der Waals surface area (Å²) < 4.78 is 10.1. The third kappa shape index (κ3) is 6.41. The molecule has 6 nitrogen and oxygen atoms in total. The Labute approximate surface area is 176 Å². The largest absolute Gasteiger partial charge is 0.482 e. The molecular weight excluding hydrogens is 429 g/mol. The van der Waals surface area contributed by atoms with Gasteiger partial charge in [-0.15, -0.1) is 0 Å². The zero-order valence-corrected chi connectivity index (χ0v) is 17.0. The minimum atomic E-state index is -0.732. The summed E-state index contributed by atoms with van der Waals surface area (Å²) in [6.07, 6.45) is 0.405. The highest BCUT2D eigenvalue weighted by atomic mass is 35.5. The fourth-order valence-corrected chi connectivity index (χ4v) is 2.67. The molecule has 0 aliphatic carbocycles. The number of rotatable bonds is 8. The molecule has 0 bridgehead atoms. The molecular formula is C19H16Cl3NO5. The van der Waals surface area contributed by atoms with Gasteiger partial charge in [-0.05, 0) is 36.4 Å². The topological polar surface area (TPSA) is 81.7 Å². The first-order valence-electron chi connectivity index (χ1n) is 8.16. The van der Waals surface area contributed by atoms with E-state index in [9.17, 15) is 14.4 Å². The molecule has 2 aromatic carbocycles. The molecule has 2 rings (SSSR count). The zero-order valence-electron chi connectivity index (χ0n) is 14.8. The predicted octanol–water partition coefficient (Wildman–Crippen LogP) is 4.80. The number of hydrogen-bond acceptors (Lipinski definition) is 5. The van der Waals surface area contributed by atoms with Crippen LogP contribution in [0.5, 0.6) is 5.75 Å². The first kappa shape index (κ1) is 22.0. The molecule has 0 aliphatic rings. The highest BCUT2D eigenvalue weighted by molar-refractivity contribution is 6.44. The number of carbonyl (C=O) groups is 3. The normalized spacial score (nSPS) is 10.3. The monoisotopic (exact) mass is 443 g/mol. The van der Waals surface area contributed by atoms with Gasteiger partial charge in [-0.2, -0.15) is 0 Å². The van der Waals surface area contributed by atoms with E-state index >= 15 is 0 Å². The maximum atomic E-state index is 11.9. The molecule has 0 saturated carbocycles. The molecule has 9 heteroatoms. The number of ether oxygens (including phenoxy) is 2. The van der Waals surface area contributed by atoms with Crippen LogP contribution in [0.25, 0.3) is 0 Å². The number of carbonyl (C=O) groups excluding carboxylic acids is 3. The predicted molar refractivity (Wildman–Crippen MR) is 108 cm³/mol. The number of hydrogen-bond donors (Lipinski definition) is 1. The van der Waals surface area contributed by atoms with Crippen LogP contribution in [0, 0.1) is 0 Å². The molecule has 0 radical (unpaired) electrons. The van der Waals surface area contributed by atoms with Gasteiger partial charge in [0.15, 0.2) is 19.0 Å². The maximum absolute atomic E-state index is 11.9. The quantitative estimate of drug-likeness (QED) is 0.359. The van der Waals surface area contributed by atoms with Gasteiger partial charge in [0.05, 0.1) is 20.8 Å². The van der Waals surface area contributed by atoms with Crippen LogP contribution < -0.4 is 10.1 Å². The van der Waals surface area contributed by atoms with E-state index in [2.05, 4.69) is 5.32 Å². The van der Waals surface area contributed by atoms with Crippen LogP contribution in [0.1, 0.15) is 23.7 Å². The molecule has 0 unspecified atom stereocenters. The second-order valence-corrected chi connectivity index (χ2v) is 6.77. The summed E-state index contributed by atoms with van der Waals surface area (Å²) in [7, 11) is 0. The number of nitrogens with one attached hydrogen (secondary N) is 1. The molecule has 0 saturated heterocycles. The third-order valence-corrected chi connectivity index (χ3v) is 4.54. The van der Waals surface area contributed by atoms with Gasteiger partial charge < -0.3 is 14.8 Å². The Morgan fingerprint density at radius 3 is 2.21 bits per heavy atom. The molecule has 2 aromatic rings. The van der Waals surface area contributed by atoms with Crippen molar-refractivity contribution < 1.29 is 23.9 Å². The Hall–Kier alpha value is -2.28. The number of amides is 1. The number of benzene rings is 2. The molecule has 1 N–H and O–H groups in total. The minimum Gasteiger partial charge on any atom is -0.482 e. The Balaban J connectivity index is 1.78. The van der Waals surface area contributed by atoms with Gasteiger partial charge >= 0.3 is 5.97 Å². The number of esters is 1. The van der Waals surface area contributed by atoms with Crippen LogP contribution in [0.4, 0.5) is 5.69 Å². The van der Waals surface area contributed by atoms with Crippen molar-refractivity contribution in [3.8, 4) is 5.75 Å². The number of ketones is 1. The van der Waals surface area contributed by atoms with Crippen LogP contribution in [-0.2, 0) is 14.3 Å². The molecule has 0 spiro atoms. The number of Topliss-reactive ketones (excluding diaryl/α,β-unsaturated/α-hetero) is 1. The summed E-state index contributed by atoms with van der Waals surface area (Å²) in [4.78, 5) is 35.1. The van der Waals surface area contributed by atoms with E-state index in [-0.39, 0.29) is 33.1 Å². The van der Waals surface area contributed by atoms with Gasteiger partial charge in [0.25, 0.3) is 5.91 Å². The lowest BCUT2D eigenvalue weighted by Gasteiger charge is -2.10. The van der Waals surface area contributed by atoms with Crippen molar-refractivity contribution in [3.05, 3.63) is 57.0 Å². The van der Waals surface area contributed by atoms with Crippen molar-refractivity contribution in [1.29, 1.82) is 0 Å². The van der Waals surface area contributed by atoms with Crippen molar-refractivity contribution in [2.45, 2.75) is 13.3 Å². The summed E-state index contributed by atoms with van der Waals surface area (Å²) in [6.45, 7) is 0.860. The van der Waals surface area contributed by atoms with Crippen molar-refractivity contribution in [1.82, 2.24) is 0 Å². The average molecular weight is 445 g/mol. The van der Waals surface area contributed by atoms with Gasteiger partial charge in [-0.25, -0.2) is 4.79 Å². The van der Waals surface area contributed by atoms with Gasteiger partial charge in [-0.1, -0.05) is 41.7 Å². The number of anilines is 1. The fraction of sp³-hybridized carbons (Fsp3) is 0.211. The second kappa shape index (κ2) is 10.3. The molecule has 1 amide bonds. The van der Waals surface area contributed by atoms with Crippen LogP contribution in [0.3, 0.4) is 0 Å². The minimum absolute atomic E-state index is 0.0130. The van der Waals surface area contributed by atoms with E-state index in [1.165, 1.54) is 12.1 Å². The van der Waals surface area contributed by atoms with Crippen molar-refractivity contribution >= 4 is 58.1 Å². The third-order valence-electron chi connectivity index (χ3n) is 3.50. The summed E-state index contributed by atoms with van der Waals surface area (Å²) in [6, 6.07) is 9.16. The molecule has 0 aromatic heterocycles. The average Bonchev–Trinajstić information content (AvgIpc) is 2.68. The molecule has 0 heterocycles. The van der Waals surface area contributed by atoms with Crippen molar-refractivity contribution in [3.63, 3.8) is 0 Å². The van der Waals surface area contributed by atoms with Gasteiger partial charge in [-0.3, -0.25) is 9.59 Å². The van der Waals surface area contributed by atoms with E-state index in [0.29, 0.717) is 17.7 Å². The van der Waals surface area contributed by atoms with E-state index in [4.69, 9.17) is 44.3 Å². The van der Waals surface area contributed by atoms with E-state index < -0.39 is 18.5 Å². The lowest BCUT2D eigenvalue weighted by atomic mass is 10.1. The SMILES string of the molecule is CCC(=O)c1ccc(OCC(=O)OCC(=O)Nc2cc(Cl)c(Cl)cc2Cl)cc1. The Morgan fingerprint density at radius 2 is 1.57 bits per heavy atom. The van der Waals surface area contributed by atoms with Crippen molar-refractivity contribution in [2.24, 2.45) is 0 Å². The summed E-state index contributed by atoms with van der Waals surface area (Å²) in [5.74, 6) is -0.921. The standard InChI is InChI=1S/C19H16Cl3NO5/c1-2-17(24)11-3-5-12(6-4-11)27-10-19(26)28-9-18(25)23-16-8-14(21)13(20)7-15(16)22/h3-8H,2,9-10H2,1H3,(H,23,25). The van der Waals surface area contributed by atoms with Crippen molar-refractivity contribution in [2.75, 3.05) is 18.5 Å². The first-order valence-corrected chi connectivity index (χ1v) is 9.29. The Bertz CT molecular complexity index is 884. The molecule has 0 aliphatic heterocycles. The molecule has 0 atom stereocenters. The lowest BCUT2D eigenvalue weighted by Crippen LogP contribution is -2.23. The van der Waals surface area contributed by atoms with E-state index in [1.54, 1.807) is 31.2 Å². The van der Waals surface area contributed by atoms with Crippen LogP contribution in [0.2, 0.25) is 15.1 Å². The zero-order chi connectivity index (χ0) is 20.7. The summed E-state index contributed by atoms with van der Waals surface area (Å²) in [5.41, 5.74) is 0.810. The summed E-state index contributed by atoms with van der Waals surface area (Å²) in [5, 5.41) is 3.13. The molecule has 148 valence electrons. The lowest BCUT2D eigenvalue weighted by molar-refractivity contribution is -0.149. The first-order chi connectivity index (χ1) is 13.3. The highest BCUT2D eigenvalue weighted by Crippen LogP contribution is 2.32. The summed E-state index contributed by atoms with van der Waals surface area (Å²) >= 11 is 17.6. The smallest absolute Gasteiger partial charge is 0.344 e. The van der Waals surface area contributed by atoms with Gasteiger partial charge in [0.1, 0.15) is 5.75 Å². The van der Waals surface area contributed by atoms with Crippen LogP contribution >= 0.6 is 34.8 Å². The molecule has 0 fully saturated rings. The maximum Gasteiger partial charge on any atom is 0.344 e. The Morgan fingerprint density at radius 1 is 0.929 bits per heavy atom. The van der Waals surface area contributed by atoms with Gasteiger partial charge in [0, 0.05) is 12.0 Å². The number of halogens is 3.